The number of amides is 1. The first-order valence-corrected chi connectivity index (χ1v) is 6.36. The lowest BCUT2D eigenvalue weighted by Gasteiger charge is -2.08. The Morgan fingerprint density at radius 3 is 2.70 bits per heavy atom. The zero-order chi connectivity index (χ0) is 16.4. The quantitative estimate of drug-likeness (QED) is 0.768. The average Bonchev–Trinajstić information content (AvgIpc) is 3.13. The molecule has 23 heavy (non-hydrogen) atoms. The van der Waals surface area contributed by atoms with Gasteiger partial charge in [0, 0.05) is 7.05 Å². The Balaban J connectivity index is 1.98. The molecule has 118 valence electrons. The predicted molar refractivity (Wildman–Crippen MR) is 73.1 cm³/mol. The molecule has 0 spiro atoms. The molecule has 0 saturated carbocycles. The molecule has 0 aliphatic carbocycles. The van der Waals surface area contributed by atoms with Gasteiger partial charge in [0.1, 0.15) is 12.0 Å². The van der Waals surface area contributed by atoms with Crippen molar-refractivity contribution in [1.29, 1.82) is 0 Å². The lowest BCUT2D eigenvalue weighted by Crippen LogP contribution is -2.16. The molecule has 0 saturated heterocycles. The van der Waals surface area contributed by atoms with Gasteiger partial charge >= 0.3 is 0 Å². The summed E-state index contributed by atoms with van der Waals surface area (Å²) in [7, 11) is 1.58. The summed E-state index contributed by atoms with van der Waals surface area (Å²) >= 11 is 0. The van der Waals surface area contributed by atoms with Crippen LogP contribution < -0.4 is 5.32 Å². The molecule has 3 rings (SSSR count). The molecule has 0 aromatic carbocycles. The number of anilines is 1. The first kappa shape index (κ1) is 14.7. The van der Waals surface area contributed by atoms with E-state index in [0.717, 1.165) is 10.9 Å². The Morgan fingerprint density at radius 2 is 2.09 bits per heavy atom. The number of aromatic nitrogens is 7. The zero-order valence-corrected chi connectivity index (χ0v) is 11.8. The molecule has 0 aliphatic heterocycles. The second-order valence-corrected chi connectivity index (χ2v) is 4.48. The molecule has 0 radical (unpaired) electrons. The van der Waals surface area contributed by atoms with Crippen molar-refractivity contribution in [3.8, 4) is 5.95 Å². The van der Waals surface area contributed by atoms with Crippen molar-refractivity contribution in [1.82, 2.24) is 34.7 Å². The van der Waals surface area contributed by atoms with Crippen LogP contribution in [0.25, 0.3) is 5.95 Å². The van der Waals surface area contributed by atoms with Crippen LogP contribution in [0.15, 0.2) is 31.0 Å². The summed E-state index contributed by atoms with van der Waals surface area (Å²) in [6, 6.07) is 1.49. The van der Waals surface area contributed by atoms with Crippen LogP contribution in [-0.4, -0.2) is 40.6 Å². The fraction of sp³-hybridized carbons (Fsp3) is 0.167. The fourth-order valence-electron chi connectivity index (χ4n) is 1.93. The van der Waals surface area contributed by atoms with Gasteiger partial charge in [-0.25, -0.2) is 8.78 Å². The van der Waals surface area contributed by atoms with Gasteiger partial charge in [-0.1, -0.05) is 0 Å². The van der Waals surface area contributed by atoms with E-state index in [0.29, 0.717) is 5.69 Å². The topological polar surface area (TPSA) is 103 Å². The number of hydrogen-bond donors (Lipinski definition) is 1. The zero-order valence-electron chi connectivity index (χ0n) is 11.8. The minimum absolute atomic E-state index is 0.0740. The summed E-state index contributed by atoms with van der Waals surface area (Å²) < 4.78 is 29.1. The van der Waals surface area contributed by atoms with E-state index in [1.54, 1.807) is 7.05 Å². The van der Waals surface area contributed by atoms with E-state index in [-0.39, 0.29) is 11.5 Å². The van der Waals surface area contributed by atoms with Crippen molar-refractivity contribution in [3.63, 3.8) is 0 Å². The first-order valence-electron chi connectivity index (χ1n) is 6.36. The van der Waals surface area contributed by atoms with Crippen molar-refractivity contribution >= 4 is 11.6 Å². The number of aryl methyl sites for hydroxylation is 1. The number of carbonyl (C=O) groups is 1. The predicted octanol–water partition coefficient (Wildman–Crippen LogP) is 0.981. The molecular formula is C12H10F2N8O. The van der Waals surface area contributed by atoms with Gasteiger partial charge in [-0.2, -0.15) is 20.0 Å². The summed E-state index contributed by atoms with van der Waals surface area (Å²) in [5.41, 5.74) is -0.503. The Bertz CT molecular complexity index is 829. The highest BCUT2D eigenvalue weighted by atomic mass is 19.3. The maximum atomic E-state index is 13.4. The van der Waals surface area contributed by atoms with E-state index in [1.807, 2.05) is 0 Å². The van der Waals surface area contributed by atoms with E-state index in [4.69, 9.17) is 0 Å². The summed E-state index contributed by atoms with van der Waals surface area (Å²) in [5, 5.41) is 20.8. The highest BCUT2D eigenvalue weighted by Gasteiger charge is 2.27. The van der Waals surface area contributed by atoms with Gasteiger partial charge in [0.2, 0.25) is 0 Å². The number of nitrogens with one attached hydrogen (secondary N) is 1. The van der Waals surface area contributed by atoms with E-state index in [9.17, 15) is 13.6 Å². The van der Waals surface area contributed by atoms with E-state index < -0.39 is 18.0 Å². The lowest BCUT2D eigenvalue weighted by molar-refractivity contribution is 0.100. The molecule has 11 heteroatoms. The van der Waals surface area contributed by atoms with Crippen LogP contribution in [0.1, 0.15) is 22.5 Å². The van der Waals surface area contributed by atoms with Crippen LogP contribution in [0.2, 0.25) is 0 Å². The summed E-state index contributed by atoms with van der Waals surface area (Å²) in [6.07, 6.45) is 2.14. The molecule has 0 bridgehead atoms. The number of carbonyl (C=O) groups excluding carboxylic acids is 1. The Hall–Kier alpha value is -3.24. The maximum absolute atomic E-state index is 13.4. The highest BCUT2D eigenvalue weighted by molar-refractivity contribution is 6.04. The van der Waals surface area contributed by atoms with Crippen LogP contribution in [0.3, 0.4) is 0 Å². The normalized spacial score (nSPS) is 11.0. The minimum Gasteiger partial charge on any atom is -0.320 e. The Morgan fingerprint density at radius 1 is 1.26 bits per heavy atom. The SMILES string of the molecule is Cn1cnnc1-n1ncc(C(=O)Nc2ccnnc2)c1C(F)F. The van der Waals surface area contributed by atoms with Gasteiger partial charge in [0.15, 0.2) is 0 Å². The van der Waals surface area contributed by atoms with Crippen molar-refractivity contribution in [2.45, 2.75) is 6.43 Å². The van der Waals surface area contributed by atoms with Crippen LogP contribution in [0, 0.1) is 0 Å². The molecule has 9 nitrogen and oxygen atoms in total. The molecular weight excluding hydrogens is 310 g/mol. The molecule has 0 atom stereocenters. The Kier molecular flexibility index (Phi) is 3.75. The summed E-state index contributed by atoms with van der Waals surface area (Å²) in [4.78, 5) is 12.2. The van der Waals surface area contributed by atoms with Gasteiger partial charge in [-0.05, 0) is 6.07 Å². The van der Waals surface area contributed by atoms with Crippen molar-refractivity contribution in [2.24, 2.45) is 7.05 Å². The van der Waals surface area contributed by atoms with Gasteiger partial charge in [-0.15, -0.1) is 10.2 Å². The third kappa shape index (κ3) is 2.75. The second kappa shape index (κ2) is 5.87. The van der Waals surface area contributed by atoms with E-state index in [2.05, 4.69) is 30.8 Å². The average molecular weight is 320 g/mol. The third-order valence-electron chi connectivity index (χ3n) is 2.98. The van der Waals surface area contributed by atoms with Crippen LogP contribution in [0.4, 0.5) is 14.5 Å². The molecule has 0 fully saturated rings. The van der Waals surface area contributed by atoms with Gasteiger partial charge in [0.25, 0.3) is 18.3 Å². The molecule has 0 unspecified atom stereocenters. The van der Waals surface area contributed by atoms with Gasteiger partial charge < -0.3 is 9.88 Å². The minimum atomic E-state index is -2.93. The molecule has 0 aliphatic rings. The number of halogens is 2. The lowest BCUT2D eigenvalue weighted by atomic mass is 10.2. The third-order valence-corrected chi connectivity index (χ3v) is 2.98. The molecule has 3 heterocycles. The Labute approximate surface area is 128 Å². The van der Waals surface area contributed by atoms with Crippen LogP contribution >= 0.6 is 0 Å². The van der Waals surface area contributed by atoms with Crippen LogP contribution in [0.5, 0.6) is 0 Å². The smallest absolute Gasteiger partial charge is 0.281 e. The molecule has 3 aromatic heterocycles. The van der Waals surface area contributed by atoms with E-state index >= 15 is 0 Å². The summed E-state index contributed by atoms with van der Waals surface area (Å²) in [5.74, 6) is -0.661. The fourth-order valence-corrected chi connectivity index (χ4v) is 1.93. The number of hydrogen-bond acceptors (Lipinski definition) is 6. The van der Waals surface area contributed by atoms with Crippen molar-refractivity contribution in [2.75, 3.05) is 5.32 Å². The largest absolute Gasteiger partial charge is 0.320 e. The molecule has 1 amide bonds. The van der Waals surface area contributed by atoms with Gasteiger partial charge in [0.05, 0.1) is 29.8 Å². The van der Waals surface area contributed by atoms with Crippen molar-refractivity contribution < 1.29 is 13.6 Å². The summed E-state index contributed by atoms with van der Waals surface area (Å²) in [6.45, 7) is 0. The standard InChI is InChI=1S/C12H10F2N8O/c1-21-6-17-20-12(21)22-9(10(13)14)8(5-18-22)11(23)19-7-2-3-15-16-4-7/h2-6,10H,1H3,(H,15,19,23). The van der Waals surface area contributed by atoms with Crippen LogP contribution in [-0.2, 0) is 7.05 Å². The number of rotatable bonds is 4. The second-order valence-electron chi connectivity index (χ2n) is 4.48. The molecule has 3 aromatic rings. The number of nitrogens with zero attached hydrogens (tertiary/aromatic N) is 7. The molecule has 1 N–H and O–H groups in total. The first-order chi connectivity index (χ1) is 11.1. The van der Waals surface area contributed by atoms with Gasteiger partial charge in [-0.3, -0.25) is 4.79 Å². The van der Waals surface area contributed by atoms with E-state index in [1.165, 1.54) is 29.4 Å². The highest BCUT2D eigenvalue weighted by Crippen LogP contribution is 2.25. The monoisotopic (exact) mass is 320 g/mol. The maximum Gasteiger partial charge on any atom is 0.281 e. The number of alkyl halides is 2. The van der Waals surface area contributed by atoms with Crippen molar-refractivity contribution in [3.05, 3.63) is 42.2 Å².